The molecule has 24 heavy (non-hydrogen) atoms. The van der Waals surface area contributed by atoms with Gasteiger partial charge in [-0.1, -0.05) is 29.8 Å². The fraction of sp³-hybridized carbons (Fsp3) is 0.278. The van der Waals surface area contributed by atoms with Gasteiger partial charge in [-0.25, -0.2) is 13.1 Å². The summed E-state index contributed by atoms with van der Waals surface area (Å²) in [4.78, 5) is 12.2. The molecule has 0 fully saturated rings. The molecule has 0 aliphatic carbocycles. The molecule has 1 amide bonds. The van der Waals surface area contributed by atoms with E-state index in [4.69, 9.17) is 0 Å². The van der Waals surface area contributed by atoms with Crippen molar-refractivity contribution in [1.82, 2.24) is 4.72 Å². The third-order valence-electron chi connectivity index (χ3n) is 3.71. The molecular weight excluding hydrogens is 324 g/mol. The first-order valence-corrected chi connectivity index (χ1v) is 9.11. The van der Waals surface area contributed by atoms with Crippen molar-refractivity contribution in [3.8, 4) is 0 Å². The van der Waals surface area contributed by atoms with Gasteiger partial charge in [0, 0.05) is 5.69 Å². The van der Waals surface area contributed by atoms with Crippen LogP contribution in [-0.4, -0.2) is 20.9 Å². The van der Waals surface area contributed by atoms with Crippen LogP contribution in [0, 0.1) is 27.7 Å². The molecule has 0 atom stereocenters. The summed E-state index contributed by atoms with van der Waals surface area (Å²) < 4.78 is 27.1. The molecule has 6 heteroatoms. The van der Waals surface area contributed by atoms with Gasteiger partial charge in [-0.3, -0.25) is 4.79 Å². The van der Waals surface area contributed by atoms with Crippen molar-refractivity contribution in [3.63, 3.8) is 0 Å². The van der Waals surface area contributed by atoms with Crippen LogP contribution in [0.25, 0.3) is 0 Å². The van der Waals surface area contributed by atoms with Crippen molar-refractivity contribution >= 4 is 21.6 Å². The molecule has 5 nitrogen and oxygen atoms in total. The van der Waals surface area contributed by atoms with E-state index >= 15 is 0 Å². The Labute approximate surface area is 143 Å². The lowest BCUT2D eigenvalue weighted by Gasteiger charge is -2.12. The zero-order chi connectivity index (χ0) is 17.9. The first kappa shape index (κ1) is 18.2. The summed E-state index contributed by atoms with van der Waals surface area (Å²) >= 11 is 0. The van der Waals surface area contributed by atoms with Crippen molar-refractivity contribution in [2.45, 2.75) is 32.6 Å². The van der Waals surface area contributed by atoms with Gasteiger partial charge in [0.05, 0.1) is 11.4 Å². The van der Waals surface area contributed by atoms with Crippen LogP contribution in [0.2, 0.25) is 0 Å². The molecule has 0 radical (unpaired) electrons. The Bertz CT molecular complexity index is 874. The highest BCUT2D eigenvalue weighted by Crippen LogP contribution is 2.17. The van der Waals surface area contributed by atoms with Gasteiger partial charge in [0.1, 0.15) is 0 Å². The van der Waals surface area contributed by atoms with Crippen molar-refractivity contribution in [2.24, 2.45) is 0 Å². The molecule has 0 aromatic heterocycles. The second kappa shape index (κ2) is 7.15. The van der Waals surface area contributed by atoms with Gasteiger partial charge in [0.15, 0.2) is 0 Å². The summed E-state index contributed by atoms with van der Waals surface area (Å²) in [6, 6.07) is 10.8. The van der Waals surface area contributed by atoms with E-state index in [9.17, 15) is 13.2 Å². The number of sulfonamides is 1. The molecule has 2 rings (SSSR count). The molecule has 0 heterocycles. The fourth-order valence-corrected chi connectivity index (χ4v) is 3.61. The maximum absolute atomic E-state index is 12.4. The largest absolute Gasteiger partial charge is 0.325 e. The lowest BCUT2D eigenvalue weighted by molar-refractivity contribution is -0.115. The predicted octanol–water partition coefficient (Wildman–Crippen LogP) is 2.84. The number of benzene rings is 2. The molecule has 2 N–H and O–H groups in total. The van der Waals surface area contributed by atoms with Gasteiger partial charge in [0.2, 0.25) is 15.9 Å². The monoisotopic (exact) mass is 346 g/mol. The average Bonchev–Trinajstić information content (AvgIpc) is 2.49. The summed E-state index contributed by atoms with van der Waals surface area (Å²) in [5, 5.41) is 2.73. The van der Waals surface area contributed by atoms with E-state index in [2.05, 4.69) is 10.0 Å². The van der Waals surface area contributed by atoms with Crippen LogP contribution in [0.1, 0.15) is 22.3 Å². The molecule has 2 aromatic rings. The number of anilines is 1. The van der Waals surface area contributed by atoms with Crippen molar-refractivity contribution in [3.05, 3.63) is 58.7 Å². The lowest BCUT2D eigenvalue weighted by Crippen LogP contribution is -2.33. The molecular formula is C18H22N2O3S. The van der Waals surface area contributed by atoms with Crippen LogP contribution in [0.15, 0.2) is 41.3 Å². The molecule has 2 aromatic carbocycles. The van der Waals surface area contributed by atoms with Gasteiger partial charge >= 0.3 is 0 Å². The Morgan fingerprint density at radius 1 is 0.917 bits per heavy atom. The predicted molar refractivity (Wildman–Crippen MR) is 95.7 cm³/mol. The van der Waals surface area contributed by atoms with Crippen LogP contribution >= 0.6 is 0 Å². The minimum Gasteiger partial charge on any atom is -0.325 e. The maximum atomic E-state index is 12.4. The summed E-state index contributed by atoms with van der Waals surface area (Å²) in [5.74, 6) is -0.406. The molecule has 0 saturated carbocycles. The molecule has 0 saturated heterocycles. The topological polar surface area (TPSA) is 75.3 Å². The van der Waals surface area contributed by atoms with E-state index in [1.54, 1.807) is 25.1 Å². The van der Waals surface area contributed by atoms with Gasteiger partial charge < -0.3 is 5.32 Å². The van der Waals surface area contributed by atoms with Crippen LogP contribution in [-0.2, 0) is 14.8 Å². The maximum Gasteiger partial charge on any atom is 0.241 e. The normalized spacial score (nSPS) is 11.3. The fourth-order valence-electron chi connectivity index (χ4n) is 2.40. The highest BCUT2D eigenvalue weighted by Gasteiger charge is 2.18. The van der Waals surface area contributed by atoms with E-state index in [-0.39, 0.29) is 11.4 Å². The minimum absolute atomic E-state index is 0.188. The number of carbonyl (C=O) groups excluding carboxylic acids is 1. The molecule has 0 aliphatic rings. The number of hydrogen-bond acceptors (Lipinski definition) is 3. The zero-order valence-electron chi connectivity index (χ0n) is 14.3. The summed E-state index contributed by atoms with van der Waals surface area (Å²) in [6.07, 6.45) is 0. The molecule has 0 bridgehead atoms. The second-order valence-corrected chi connectivity index (χ2v) is 7.70. The third-order valence-corrected chi connectivity index (χ3v) is 5.27. The van der Waals surface area contributed by atoms with Crippen LogP contribution < -0.4 is 10.0 Å². The highest BCUT2D eigenvalue weighted by molar-refractivity contribution is 7.89. The van der Waals surface area contributed by atoms with E-state index in [0.717, 1.165) is 16.7 Å². The molecule has 128 valence electrons. The zero-order valence-corrected chi connectivity index (χ0v) is 15.1. The Kier molecular flexibility index (Phi) is 5.41. The van der Waals surface area contributed by atoms with Crippen LogP contribution in [0.5, 0.6) is 0 Å². The van der Waals surface area contributed by atoms with Gasteiger partial charge in [-0.15, -0.1) is 0 Å². The second-order valence-electron chi connectivity index (χ2n) is 5.96. The van der Waals surface area contributed by atoms with Crippen LogP contribution in [0.3, 0.4) is 0 Å². The number of aryl methyl sites for hydroxylation is 4. The summed E-state index contributed by atoms with van der Waals surface area (Å²) in [6.45, 7) is 7.13. The van der Waals surface area contributed by atoms with Gasteiger partial charge in [-0.2, -0.15) is 0 Å². The summed E-state index contributed by atoms with van der Waals surface area (Å²) in [5.41, 5.74) is 4.26. The van der Waals surface area contributed by atoms with E-state index in [1.807, 2.05) is 39.0 Å². The Hall–Kier alpha value is -2.18. The quantitative estimate of drug-likeness (QED) is 0.874. The number of nitrogens with one attached hydrogen (secondary N) is 2. The SMILES string of the molecule is Cc1ccc(S(=O)(=O)NCC(=O)Nc2cc(C)ccc2C)c(C)c1. The van der Waals surface area contributed by atoms with E-state index < -0.39 is 15.9 Å². The first-order valence-electron chi connectivity index (χ1n) is 7.63. The van der Waals surface area contributed by atoms with Crippen molar-refractivity contribution in [2.75, 3.05) is 11.9 Å². The molecule has 0 spiro atoms. The molecule has 0 aliphatic heterocycles. The van der Waals surface area contributed by atoms with Crippen LogP contribution in [0.4, 0.5) is 5.69 Å². The van der Waals surface area contributed by atoms with E-state index in [0.29, 0.717) is 11.3 Å². The number of amides is 1. The summed E-state index contributed by atoms with van der Waals surface area (Å²) in [7, 11) is -3.72. The Morgan fingerprint density at radius 3 is 2.21 bits per heavy atom. The lowest BCUT2D eigenvalue weighted by atomic mass is 10.1. The highest BCUT2D eigenvalue weighted by atomic mass is 32.2. The number of rotatable bonds is 5. The van der Waals surface area contributed by atoms with Crippen molar-refractivity contribution in [1.29, 1.82) is 0 Å². The smallest absolute Gasteiger partial charge is 0.241 e. The van der Waals surface area contributed by atoms with Crippen molar-refractivity contribution < 1.29 is 13.2 Å². The number of carbonyl (C=O) groups is 1. The van der Waals surface area contributed by atoms with E-state index in [1.165, 1.54) is 0 Å². The van der Waals surface area contributed by atoms with Gasteiger partial charge in [-0.05, 0) is 56.5 Å². The Morgan fingerprint density at radius 2 is 1.54 bits per heavy atom. The Balaban J connectivity index is 2.06. The molecule has 0 unspecified atom stereocenters. The standard InChI is InChI=1S/C18H22N2O3S/c1-12-6-8-17(15(4)9-12)24(22,23)19-11-18(21)20-16-10-13(2)5-7-14(16)3/h5-10,19H,11H2,1-4H3,(H,20,21). The average molecular weight is 346 g/mol. The van der Waals surface area contributed by atoms with Gasteiger partial charge in [0.25, 0.3) is 0 Å². The minimum atomic E-state index is -3.72. The third kappa shape index (κ3) is 4.43. The number of hydrogen-bond donors (Lipinski definition) is 2. The first-order chi connectivity index (χ1) is 11.2.